The molecular formula is C18H28N4O3. The van der Waals surface area contributed by atoms with E-state index in [4.69, 9.17) is 8.83 Å². The molecule has 0 fully saturated rings. The summed E-state index contributed by atoms with van der Waals surface area (Å²) in [4.78, 5) is 6.57. The first-order valence-electron chi connectivity index (χ1n) is 8.42. The first-order chi connectivity index (χ1) is 11.9. The minimum Gasteiger partial charge on any atom is -0.468 e. The topological polar surface area (TPSA) is 86.2 Å². The van der Waals surface area contributed by atoms with E-state index in [9.17, 15) is 5.11 Å². The molecule has 2 aromatic heterocycles. The normalized spacial score (nSPS) is 15.8. The van der Waals surface area contributed by atoms with Crippen LogP contribution in [0.2, 0.25) is 0 Å². The zero-order valence-electron chi connectivity index (χ0n) is 15.3. The van der Waals surface area contributed by atoms with E-state index in [1.807, 2.05) is 33.2 Å². The summed E-state index contributed by atoms with van der Waals surface area (Å²) in [5.41, 5.74) is -1.16. The van der Waals surface area contributed by atoms with Crippen LogP contribution in [0.1, 0.15) is 31.4 Å². The van der Waals surface area contributed by atoms with Crippen LogP contribution in [-0.2, 0) is 5.60 Å². The van der Waals surface area contributed by atoms with Crippen LogP contribution in [0.5, 0.6) is 0 Å². The van der Waals surface area contributed by atoms with E-state index in [1.54, 1.807) is 31.6 Å². The van der Waals surface area contributed by atoms with Gasteiger partial charge >= 0.3 is 0 Å². The van der Waals surface area contributed by atoms with Gasteiger partial charge in [0.1, 0.15) is 17.1 Å². The highest BCUT2D eigenvalue weighted by molar-refractivity contribution is 5.79. The number of furan rings is 2. The maximum atomic E-state index is 10.5. The molecule has 25 heavy (non-hydrogen) atoms. The molecule has 138 valence electrons. The van der Waals surface area contributed by atoms with Crippen molar-refractivity contribution in [3.05, 3.63) is 48.3 Å². The molecule has 3 N–H and O–H groups in total. The van der Waals surface area contributed by atoms with Gasteiger partial charge in [0, 0.05) is 13.1 Å². The van der Waals surface area contributed by atoms with Crippen molar-refractivity contribution >= 4 is 5.96 Å². The van der Waals surface area contributed by atoms with Crippen molar-refractivity contribution in [1.29, 1.82) is 0 Å². The summed E-state index contributed by atoms with van der Waals surface area (Å²) < 4.78 is 10.8. The molecule has 2 aromatic rings. The lowest BCUT2D eigenvalue weighted by molar-refractivity contribution is 0.0437. The molecule has 2 heterocycles. The number of nitrogens with one attached hydrogen (secondary N) is 2. The van der Waals surface area contributed by atoms with Crippen LogP contribution in [0.3, 0.4) is 0 Å². The molecular weight excluding hydrogens is 320 g/mol. The molecule has 0 aliphatic rings. The molecule has 0 amide bonds. The average molecular weight is 348 g/mol. The standard InChI is InChI=1S/C18H28N4O3/c1-5-19-17(21-13-18(2,23)16-9-7-11-25-16)20-12-14(22(3)4)15-8-6-10-24-15/h6-11,14,23H,5,12-13H2,1-4H3,(H2,19,20,21). The number of nitrogens with zero attached hydrogens (tertiary/aromatic N) is 2. The van der Waals surface area contributed by atoms with Gasteiger partial charge in [-0.1, -0.05) is 0 Å². The summed E-state index contributed by atoms with van der Waals surface area (Å²) >= 11 is 0. The molecule has 2 atom stereocenters. The Hall–Kier alpha value is -2.25. The maximum Gasteiger partial charge on any atom is 0.191 e. The summed E-state index contributed by atoms with van der Waals surface area (Å²) in [6.45, 7) is 5.21. The lowest BCUT2D eigenvalue weighted by Crippen LogP contribution is -2.42. The molecule has 0 aromatic carbocycles. The van der Waals surface area contributed by atoms with Crippen molar-refractivity contribution in [1.82, 2.24) is 15.5 Å². The molecule has 0 aliphatic heterocycles. The summed E-state index contributed by atoms with van der Waals surface area (Å²) in [5, 5.41) is 17.0. The second-order valence-corrected chi connectivity index (χ2v) is 6.32. The second kappa shape index (κ2) is 8.73. The number of aliphatic imine (C=N–C) groups is 1. The lowest BCUT2D eigenvalue weighted by Gasteiger charge is -2.24. The van der Waals surface area contributed by atoms with Gasteiger partial charge in [0.25, 0.3) is 0 Å². The molecule has 0 saturated carbocycles. The van der Waals surface area contributed by atoms with E-state index in [1.165, 1.54) is 0 Å². The van der Waals surface area contributed by atoms with Crippen molar-refractivity contribution < 1.29 is 13.9 Å². The number of hydrogen-bond acceptors (Lipinski definition) is 5. The highest BCUT2D eigenvalue weighted by atomic mass is 16.4. The maximum absolute atomic E-state index is 10.5. The Morgan fingerprint density at radius 2 is 1.96 bits per heavy atom. The van der Waals surface area contributed by atoms with E-state index < -0.39 is 5.60 Å². The van der Waals surface area contributed by atoms with Gasteiger partial charge in [0.05, 0.1) is 25.1 Å². The zero-order chi connectivity index (χ0) is 18.3. The number of guanidine groups is 1. The smallest absolute Gasteiger partial charge is 0.191 e. The summed E-state index contributed by atoms with van der Waals surface area (Å²) in [5.74, 6) is 2.01. The van der Waals surface area contributed by atoms with E-state index >= 15 is 0 Å². The molecule has 0 aliphatic carbocycles. The third kappa shape index (κ3) is 5.37. The van der Waals surface area contributed by atoms with Gasteiger partial charge in [-0.05, 0) is 52.2 Å². The van der Waals surface area contributed by atoms with Crippen molar-refractivity contribution in [3.63, 3.8) is 0 Å². The largest absolute Gasteiger partial charge is 0.468 e. The Bertz CT molecular complexity index is 633. The average Bonchev–Trinajstić information content (AvgIpc) is 3.26. The van der Waals surface area contributed by atoms with E-state index in [0.29, 0.717) is 18.3 Å². The van der Waals surface area contributed by atoms with Crippen LogP contribution in [-0.4, -0.2) is 49.7 Å². The van der Waals surface area contributed by atoms with Crippen LogP contribution < -0.4 is 10.6 Å². The minimum atomic E-state index is -1.16. The van der Waals surface area contributed by atoms with Crippen LogP contribution in [0.15, 0.2) is 50.6 Å². The highest BCUT2D eigenvalue weighted by Gasteiger charge is 2.26. The Morgan fingerprint density at radius 3 is 2.52 bits per heavy atom. The molecule has 7 nitrogen and oxygen atoms in total. The molecule has 0 saturated heterocycles. The van der Waals surface area contributed by atoms with Crippen molar-refractivity contribution in [2.45, 2.75) is 25.5 Å². The van der Waals surface area contributed by atoms with Gasteiger partial charge in [-0.15, -0.1) is 0 Å². The summed E-state index contributed by atoms with van der Waals surface area (Å²) in [6.07, 6.45) is 3.22. The Labute approximate surface area is 148 Å². The molecule has 0 spiro atoms. The van der Waals surface area contributed by atoms with Crippen LogP contribution in [0.25, 0.3) is 0 Å². The number of rotatable bonds is 8. The van der Waals surface area contributed by atoms with E-state index in [2.05, 4.69) is 20.5 Å². The second-order valence-electron chi connectivity index (χ2n) is 6.32. The molecule has 0 bridgehead atoms. The Kier molecular flexibility index (Phi) is 6.66. The minimum absolute atomic E-state index is 0.0736. The monoisotopic (exact) mass is 348 g/mol. The first-order valence-corrected chi connectivity index (χ1v) is 8.42. The fraction of sp³-hybridized carbons (Fsp3) is 0.500. The Balaban J connectivity index is 2.02. The Morgan fingerprint density at radius 1 is 1.24 bits per heavy atom. The third-order valence-corrected chi connectivity index (χ3v) is 3.90. The SMILES string of the molecule is CCNC(=NCC(C)(O)c1ccco1)NCC(c1ccco1)N(C)C. The van der Waals surface area contributed by atoms with Gasteiger partial charge in [-0.3, -0.25) is 4.90 Å². The number of likely N-dealkylation sites (N-methyl/N-ethyl adjacent to an activating group) is 1. The predicted octanol–water partition coefficient (Wildman–Crippen LogP) is 1.94. The van der Waals surface area contributed by atoms with E-state index in [0.717, 1.165) is 12.3 Å². The van der Waals surface area contributed by atoms with Gasteiger partial charge in [0.15, 0.2) is 5.96 Å². The summed E-state index contributed by atoms with van der Waals surface area (Å²) in [6, 6.07) is 7.41. The van der Waals surface area contributed by atoms with Crippen molar-refractivity contribution in [2.75, 3.05) is 33.7 Å². The van der Waals surface area contributed by atoms with Gasteiger partial charge in [0.2, 0.25) is 0 Å². The quantitative estimate of drug-likeness (QED) is 0.499. The van der Waals surface area contributed by atoms with Crippen LogP contribution in [0.4, 0.5) is 0 Å². The first kappa shape index (κ1) is 19.1. The van der Waals surface area contributed by atoms with Crippen molar-refractivity contribution in [3.8, 4) is 0 Å². The fourth-order valence-electron chi connectivity index (χ4n) is 2.45. The third-order valence-electron chi connectivity index (χ3n) is 3.90. The predicted molar refractivity (Wildman–Crippen MR) is 97.4 cm³/mol. The van der Waals surface area contributed by atoms with E-state index in [-0.39, 0.29) is 12.6 Å². The lowest BCUT2D eigenvalue weighted by atomic mass is 10.0. The van der Waals surface area contributed by atoms with Crippen LogP contribution >= 0.6 is 0 Å². The molecule has 0 radical (unpaired) electrons. The van der Waals surface area contributed by atoms with Gasteiger partial charge in [-0.2, -0.15) is 0 Å². The van der Waals surface area contributed by atoms with Gasteiger partial charge in [-0.25, -0.2) is 4.99 Å². The molecule has 2 unspecified atom stereocenters. The van der Waals surface area contributed by atoms with Crippen LogP contribution in [0, 0.1) is 0 Å². The number of hydrogen-bond donors (Lipinski definition) is 3. The zero-order valence-corrected chi connectivity index (χ0v) is 15.3. The fourth-order valence-corrected chi connectivity index (χ4v) is 2.45. The molecule has 7 heteroatoms. The van der Waals surface area contributed by atoms with Gasteiger partial charge < -0.3 is 24.6 Å². The summed E-state index contributed by atoms with van der Waals surface area (Å²) in [7, 11) is 4.00. The van der Waals surface area contributed by atoms with Crippen molar-refractivity contribution in [2.24, 2.45) is 4.99 Å². The molecule has 2 rings (SSSR count). The highest BCUT2D eigenvalue weighted by Crippen LogP contribution is 2.21. The number of aliphatic hydroxyl groups is 1.